The normalized spacial score (nSPS) is 10.9. The fourth-order valence-corrected chi connectivity index (χ4v) is 4.58. The topological polar surface area (TPSA) is 151 Å². The maximum absolute atomic E-state index is 12.2. The molecule has 0 fully saturated rings. The number of unbranched alkanes of at least 4 members (excludes halogenated alkanes) is 6. The summed E-state index contributed by atoms with van der Waals surface area (Å²) in [6.45, 7) is 2.67. The number of aromatic carboxylic acids is 1. The molecular formula is C35H42N2O7. The summed E-state index contributed by atoms with van der Waals surface area (Å²) in [6, 6.07) is 16.9. The van der Waals surface area contributed by atoms with Gasteiger partial charge in [-0.25, -0.2) is 9.59 Å². The van der Waals surface area contributed by atoms with Gasteiger partial charge in [-0.3, -0.25) is 4.79 Å². The Morgan fingerprint density at radius 2 is 1.41 bits per heavy atom. The summed E-state index contributed by atoms with van der Waals surface area (Å²) in [4.78, 5) is 35.5. The third-order valence-corrected chi connectivity index (χ3v) is 6.93. The summed E-state index contributed by atoms with van der Waals surface area (Å²) in [5.41, 5.74) is 14.2. The number of nitrogens with two attached hydrogens (primary N) is 2. The molecule has 44 heavy (non-hydrogen) atoms. The predicted octanol–water partition coefficient (Wildman–Crippen LogP) is 7.23. The van der Waals surface area contributed by atoms with Crippen LogP contribution in [0, 0.1) is 0 Å². The lowest BCUT2D eigenvalue weighted by molar-refractivity contribution is -0.134. The lowest BCUT2D eigenvalue weighted by atomic mass is 9.98. The van der Waals surface area contributed by atoms with Crippen LogP contribution in [-0.2, 0) is 16.0 Å². The maximum atomic E-state index is 12.2. The number of nitrogen functional groups attached to an aromatic ring is 2. The van der Waals surface area contributed by atoms with Gasteiger partial charge in [0.15, 0.2) is 0 Å². The second kappa shape index (κ2) is 18.0. The van der Waals surface area contributed by atoms with Crippen molar-refractivity contribution in [2.24, 2.45) is 0 Å². The monoisotopic (exact) mass is 602 g/mol. The van der Waals surface area contributed by atoms with Crippen molar-refractivity contribution in [1.29, 1.82) is 0 Å². The molecule has 0 amide bonds. The Morgan fingerprint density at radius 3 is 2.09 bits per heavy atom. The molecule has 9 heteroatoms. The van der Waals surface area contributed by atoms with E-state index in [-0.39, 0.29) is 11.5 Å². The van der Waals surface area contributed by atoms with Gasteiger partial charge in [-0.05, 0) is 91.4 Å². The van der Waals surface area contributed by atoms with Crippen molar-refractivity contribution in [3.63, 3.8) is 0 Å². The molecule has 3 aromatic rings. The molecule has 0 heterocycles. The number of hydrogen-bond acceptors (Lipinski definition) is 8. The molecule has 0 aliphatic rings. The Hall–Kier alpha value is -4.79. The van der Waals surface area contributed by atoms with E-state index < -0.39 is 11.9 Å². The quantitative estimate of drug-likeness (QED) is 0.0450. The van der Waals surface area contributed by atoms with Gasteiger partial charge in [0.1, 0.15) is 17.2 Å². The second-order valence-electron chi connectivity index (χ2n) is 10.5. The third-order valence-electron chi connectivity index (χ3n) is 6.93. The molecule has 0 saturated carbocycles. The van der Waals surface area contributed by atoms with Crippen molar-refractivity contribution < 1.29 is 33.7 Å². The molecule has 234 valence electrons. The Bertz CT molecular complexity index is 1400. The van der Waals surface area contributed by atoms with E-state index in [0.717, 1.165) is 62.7 Å². The lowest BCUT2D eigenvalue weighted by Gasteiger charge is -2.11. The van der Waals surface area contributed by atoms with Gasteiger partial charge in [-0.1, -0.05) is 51.2 Å². The van der Waals surface area contributed by atoms with E-state index in [0.29, 0.717) is 47.9 Å². The number of carboxylic acid groups (broad SMARTS) is 1. The summed E-state index contributed by atoms with van der Waals surface area (Å²) in [7, 11) is 0. The Labute approximate surface area is 258 Å². The van der Waals surface area contributed by atoms with E-state index >= 15 is 0 Å². The molecule has 0 aliphatic heterocycles. The number of esters is 2. The second-order valence-corrected chi connectivity index (χ2v) is 10.5. The molecule has 0 bridgehead atoms. The summed E-state index contributed by atoms with van der Waals surface area (Å²) >= 11 is 0. The first kappa shape index (κ1) is 33.7. The van der Waals surface area contributed by atoms with Crippen LogP contribution in [-0.4, -0.2) is 29.6 Å². The van der Waals surface area contributed by atoms with Crippen molar-refractivity contribution in [3.8, 4) is 17.2 Å². The van der Waals surface area contributed by atoms with Crippen LogP contribution >= 0.6 is 0 Å². The number of carbonyl (C=O) groups excluding carboxylic acids is 2. The van der Waals surface area contributed by atoms with E-state index in [1.54, 1.807) is 36.4 Å². The molecule has 0 saturated heterocycles. The molecule has 0 unspecified atom stereocenters. The predicted molar refractivity (Wildman–Crippen MR) is 172 cm³/mol. The van der Waals surface area contributed by atoms with E-state index in [9.17, 15) is 19.5 Å². The van der Waals surface area contributed by atoms with Crippen LogP contribution in [0.5, 0.6) is 17.2 Å². The summed E-state index contributed by atoms with van der Waals surface area (Å²) in [5.74, 6) is -0.289. The van der Waals surface area contributed by atoms with Crippen molar-refractivity contribution in [2.75, 3.05) is 18.1 Å². The number of carboxylic acids is 1. The van der Waals surface area contributed by atoms with Gasteiger partial charge >= 0.3 is 17.9 Å². The molecule has 0 spiro atoms. The van der Waals surface area contributed by atoms with Crippen LogP contribution in [0.15, 0.2) is 66.7 Å². The lowest BCUT2D eigenvalue weighted by Crippen LogP contribution is -2.07. The van der Waals surface area contributed by atoms with E-state index in [1.807, 2.05) is 24.3 Å². The molecule has 0 aliphatic carbocycles. The van der Waals surface area contributed by atoms with Crippen molar-refractivity contribution in [1.82, 2.24) is 0 Å². The van der Waals surface area contributed by atoms with Crippen LogP contribution in [0.1, 0.15) is 86.2 Å². The highest BCUT2D eigenvalue weighted by atomic mass is 16.5. The summed E-state index contributed by atoms with van der Waals surface area (Å²) in [6.07, 6.45) is 11.6. The van der Waals surface area contributed by atoms with E-state index in [2.05, 4.69) is 6.92 Å². The zero-order chi connectivity index (χ0) is 31.7. The fraction of sp³-hybridized carbons (Fsp3) is 0.343. The van der Waals surface area contributed by atoms with Crippen LogP contribution in [0.4, 0.5) is 11.4 Å². The molecule has 3 aromatic carbocycles. The van der Waals surface area contributed by atoms with Crippen LogP contribution in [0.2, 0.25) is 0 Å². The van der Waals surface area contributed by atoms with Crippen molar-refractivity contribution in [3.05, 3.63) is 83.4 Å². The van der Waals surface area contributed by atoms with Gasteiger partial charge < -0.3 is 30.8 Å². The Morgan fingerprint density at radius 1 is 0.773 bits per heavy atom. The van der Waals surface area contributed by atoms with Crippen molar-refractivity contribution >= 4 is 35.4 Å². The summed E-state index contributed by atoms with van der Waals surface area (Å²) < 4.78 is 16.4. The first-order chi connectivity index (χ1) is 21.2. The first-order valence-corrected chi connectivity index (χ1v) is 15.1. The van der Waals surface area contributed by atoms with Crippen LogP contribution in [0.3, 0.4) is 0 Å². The molecular weight excluding hydrogens is 560 g/mol. The SMILES string of the molecule is CCCCCC(=O)Oc1ccc(OC(=O)/C=C/c2ccc(OCCCCCCCc3c(N)cc(N)cc3C(=O)O)cc2)cc1. The van der Waals surface area contributed by atoms with Crippen molar-refractivity contribution in [2.45, 2.75) is 71.1 Å². The highest BCUT2D eigenvalue weighted by molar-refractivity contribution is 5.92. The van der Waals surface area contributed by atoms with Gasteiger partial charge in [0.25, 0.3) is 0 Å². The third kappa shape index (κ3) is 11.8. The van der Waals surface area contributed by atoms with Gasteiger partial charge in [-0.15, -0.1) is 0 Å². The highest BCUT2D eigenvalue weighted by Crippen LogP contribution is 2.24. The van der Waals surface area contributed by atoms with Gasteiger partial charge in [0, 0.05) is 23.9 Å². The molecule has 0 radical (unpaired) electrons. The average Bonchev–Trinajstić information content (AvgIpc) is 2.99. The minimum atomic E-state index is -1.01. The number of ether oxygens (including phenoxy) is 3. The number of anilines is 2. The van der Waals surface area contributed by atoms with Gasteiger partial charge in [-0.2, -0.15) is 0 Å². The number of benzene rings is 3. The zero-order valence-electron chi connectivity index (χ0n) is 25.3. The molecule has 3 rings (SSSR count). The van der Waals surface area contributed by atoms with Gasteiger partial charge in [0.2, 0.25) is 0 Å². The molecule has 0 aromatic heterocycles. The van der Waals surface area contributed by atoms with Crippen LogP contribution < -0.4 is 25.7 Å². The number of carbonyl (C=O) groups is 3. The number of rotatable bonds is 18. The zero-order valence-corrected chi connectivity index (χ0v) is 25.3. The minimum absolute atomic E-state index is 0.179. The number of hydrogen-bond donors (Lipinski definition) is 3. The largest absolute Gasteiger partial charge is 0.494 e. The molecule has 9 nitrogen and oxygen atoms in total. The fourth-order valence-electron chi connectivity index (χ4n) is 4.58. The average molecular weight is 603 g/mol. The first-order valence-electron chi connectivity index (χ1n) is 15.1. The summed E-state index contributed by atoms with van der Waals surface area (Å²) in [5, 5.41) is 9.41. The van der Waals surface area contributed by atoms with Crippen LogP contribution in [0.25, 0.3) is 6.08 Å². The minimum Gasteiger partial charge on any atom is -0.494 e. The Kier molecular flexibility index (Phi) is 13.8. The smallest absolute Gasteiger partial charge is 0.336 e. The molecule has 0 atom stereocenters. The van der Waals surface area contributed by atoms with E-state index in [4.69, 9.17) is 25.7 Å². The molecule has 5 N–H and O–H groups in total. The highest BCUT2D eigenvalue weighted by Gasteiger charge is 2.14. The Balaban J connectivity index is 1.30. The van der Waals surface area contributed by atoms with Gasteiger partial charge in [0.05, 0.1) is 12.2 Å². The maximum Gasteiger partial charge on any atom is 0.336 e. The standard InChI is InChI=1S/C35H42N2O7/c1-2-3-7-11-33(38)43-28-17-19-29(20-18-28)44-34(39)21-14-25-12-15-27(16-13-25)42-22-9-6-4-5-8-10-30-31(35(40)41)23-26(36)24-32(30)37/h12-21,23-24H,2-11,22,36-37H2,1H3,(H,40,41)/b21-14+. The van der Waals surface area contributed by atoms with E-state index in [1.165, 1.54) is 12.1 Å².